The number of nitrogens with one attached hydrogen (secondary N) is 2. The van der Waals surface area contributed by atoms with E-state index >= 15 is 0 Å². The number of para-hydroxylation sites is 2. The van der Waals surface area contributed by atoms with Gasteiger partial charge in [-0.05, 0) is 23.6 Å². The molecule has 1 amide bonds. The summed E-state index contributed by atoms with van der Waals surface area (Å²) >= 11 is 2.89. The van der Waals surface area contributed by atoms with E-state index < -0.39 is 0 Å². The van der Waals surface area contributed by atoms with Crippen molar-refractivity contribution in [2.24, 2.45) is 0 Å². The van der Waals surface area contributed by atoms with Crippen molar-refractivity contribution in [2.75, 3.05) is 5.32 Å². The van der Waals surface area contributed by atoms with Gasteiger partial charge in [-0.25, -0.2) is 4.98 Å². The number of thiophene rings is 1. The Morgan fingerprint density at radius 2 is 2.04 bits per heavy atom. The molecule has 0 spiro atoms. The van der Waals surface area contributed by atoms with Gasteiger partial charge in [-0.3, -0.25) is 9.59 Å². The van der Waals surface area contributed by atoms with E-state index in [1.165, 1.54) is 11.3 Å². The van der Waals surface area contributed by atoms with Gasteiger partial charge in [0.15, 0.2) is 5.01 Å². The lowest BCUT2D eigenvalue weighted by atomic mass is 10.2. The summed E-state index contributed by atoms with van der Waals surface area (Å²) in [7, 11) is 0. The Morgan fingerprint density at radius 1 is 1.15 bits per heavy atom. The lowest BCUT2D eigenvalue weighted by Gasteiger charge is -2.03. The maximum absolute atomic E-state index is 12.1. The summed E-state index contributed by atoms with van der Waals surface area (Å²) in [5.74, 6) is -0.228. The van der Waals surface area contributed by atoms with Gasteiger partial charge >= 0.3 is 0 Å². The highest BCUT2D eigenvalue weighted by molar-refractivity contribution is 7.23. The topological polar surface area (TPSA) is 101 Å². The smallest absolute Gasteiger partial charge is 0.270 e. The molecular formula is C17H13N5O2S2. The second-order valence-corrected chi connectivity index (χ2v) is 7.39. The fourth-order valence-electron chi connectivity index (χ4n) is 2.42. The predicted octanol–water partition coefficient (Wildman–Crippen LogP) is 3.07. The first kappa shape index (κ1) is 16.6. The number of carbonyl (C=O) groups is 1. The van der Waals surface area contributed by atoms with Crippen molar-refractivity contribution in [3.05, 3.63) is 57.8 Å². The molecule has 2 N–H and O–H groups in total. The second-order valence-electron chi connectivity index (χ2n) is 5.47. The summed E-state index contributed by atoms with van der Waals surface area (Å²) in [6.45, 7) is 0. The minimum Gasteiger partial charge on any atom is -0.319 e. The van der Waals surface area contributed by atoms with E-state index in [1.54, 1.807) is 17.4 Å². The van der Waals surface area contributed by atoms with Crippen LogP contribution in [0.1, 0.15) is 12.1 Å². The van der Waals surface area contributed by atoms with Gasteiger partial charge < -0.3 is 10.3 Å². The number of rotatable bonds is 5. The zero-order valence-corrected chi connectivity index (χ0v) is 15.1. The summed E-state index contributed by atoms with van der Waals surface area (Å²) in [5.41, 5.74) is 1.45. The fraction of sp³-hybridized carbons (Fsp3) is 0.118. The number of amides is 1. The number of anilines is 1. The highest BCUT2D eigenvalue weighted by Crippen LogP contribution is 2.29. The van der Waals surface area contributed by atoms with Gasteiger partial charge in [0.1, 0.15) is 5.69 Å². The van der Waals surface area contributed by atoms with E-state index in [9.17, 15) is 9.59 Å². The summed E-state index contributed by atoms with van der Waals surface area (Å²) in [4.78, 5) is 32.4. The molecular weight excluding hydrogens is 370 g/mol. The van der Waals surface area contributed by atoms with Crippen LogP contribution in [0, 0.1) is 0 Å². The Labute approximate surface area is 155 Å². The molecule has 4 rings (SSSR count). The summed E-state index contributed by atoms with van der Waals surface area (Å²) < 4.78 is 0. The molecule has 0 aliphatic heterocycles. The fourth-order valence-corrected chi connectivity index (χ4v) is 3.98. The Morgan fingerprint density at radius 3 is 2.88 bits per heavy atom. The van der Waals surface area contributed by atoms with E-state index in [2.05, 4.69) is 25.5 Å². The number of nitrogens with zero attached hydrogens (tertiary/aromatic N) is 3. The van der Waals surface area contributed by atoms with Gasteiger partial charge in [0.25, 0.3) is 5.56 Å². The normalized spacial score (nSPS) is 10.9. The van der Waals surface area contributed by atoms with E-state index in [-0.39, 0.29) is 24.3 Å². The highest BCUT2D eigenvalue weighted by atomic mass is 32.1. The van der Waals surface area contributed by atoms with Gasteiger partial charge in [-0.1, -0.05) is 29.5 Å². The second kappa shape index (κ2) is 7.14. The molecule has 4 aromatic rings. The van der Waals surface area contributed by atoms with Crippen LogP contribution in [0.3, 0.4) is 0 Å². The molecule has 0 atom stereocenters. The Kier molecular flexibility index (Phi) is 4.55. The molecule has 0 saturated heterocycles. The van der Waals surface area contributed by atoms with Crippen molar-refractivity contribution < 1.29 is 4.79 Å². The number of hydrogen-bond acceptors (Lipinski definition) is 7. The average molecular weight is 383 g/mol. The van der Waals surface area contributed by atoms with Gasteiger partial charge in [0, 0.05) is 12.8 Å². The molecule has 0 saturated carbocycles. The van der Waals surface area contributed by atoms with E-state index in [1.807, 2.05) is 35.7 Å². The van der Waals surface area contributed by atoms with E-state index in [0.717, 1.165) is 9.88 Å². The molecule has 3 aromatic heterocycles. The first-order chi connectivity index (χ1) is 12.7. The van der Waals surface area contributed by atoms with Crippen molar-refractivity contribution in [1.82, 2.24) is 20.2 Å². The minimum atomic E-state index is -0.271. The molecule has 0 bridgehead atoms. The minimum absolute atomic E-state index is 0.141. The third kappa shape index (κ3) is 3.53. The van der Waals surface area contributed by atoms with Crippen LogP contribution in [0.5, 0.6) is 0 Å². The molecule has 0 aliphatic carbocycles. The monoisotopic (exact) mass is 383 g/mol. The molecule has 130 valence electrons. The Balaban J connectivity index is 1.41. The quantitative estimate of drug-likeness (QED) is 0.552. The number of carbonyl (C=O) groups excluding carboxylic acids is 1. The van der Waals surface area contributed by atoms with E-state index in [4.69, 9.17) is 0 Å². The molecule has 1 aromatic carbocycles. The number of benzene rings is 1. The maximum atomic E-state index is 12.1. The molecule has 7 nitrogen and oxygen atoms in total. The maximum Gasteiger partial charge on any atom is 0.270 e. The van der Waals surface area contributed by atoms with Crippen molar-refractivity contribution in [3.8, 4) is 9.88 Å². The number of H-pyrrole nitrogens is 1. The van der Waals surface area contributed by atoms with Gasteiger partial charge in [-0.15, -0.1) is 21.5 Å². The first-order valence-electron chi connectivity index (χ1n) is 7.84. The van der Waals surface area contributed by atoms with Crippen LogP contribution in [-0.4, -0.2) is 26.1 Å². The number of aromatic nitrogens is 4. The number of fused-ring (bicyclic) bond motifs is 1. The van der Waals surface area contributed by atoms with Crippen molar-refractivity contribution in [1.29, 1.82) is 0 Å². The van der Waals surface area contributed by atoms with Crippen LogP contribution in [-0.2, 0) is 11.2 Å². The van der Waals surface area contributed by atoms with Crippen LogP contribution in [0.4, 0.5) is 5.13 Å². The van der Waals surface area contributed by atoms with E-state index in [0.29, 0.717) is 21.9 Å². The summed E-state index contributed by atoms with van der Waals surface area (Å²) in [5, 5.41) is 14.0. The Bertz CT molecular complexity index is 1120. The van der Waals surface area contributed by atoms with Gasteiger partial charge in [-0.2, -0.15) is 0 Å². The largest absolute Gasteiger partial charge is 0.319 e. The van der Waals surface area contributed by atoms with Crippen LogP contribution in [0.15, 0.2) is 46.6 Å². The zero-order chi connectivity index (χ0) is 17.9. The third-order valence-electron chi connectivity index (χ3n) is 3.66. The van der Waals surface area contributed by atoms with Crippen LogP contribution in [0.2, 0.25) is 0 Å². The zero-order valence-electron chi connectivity index (χ0n) is 13.4. The SMILES string of the molecule is O=C(CCc1nc2ccccc2[nH]c1=O)Nc1nnc(-c2cccs2)s1. The number of aromatic amines is 1. The molecule has 3 heterocycles. The predicted molar refractivity (Wildman–Crippen MR) is 103 cm³/mol. The lowest BCUT2D eigenvalue weighted by molar-refractivity contribution is -0.116. The Hall–Kier alpha value is -2.91. The van der Waals surface area contributed by atoms with Crippen molar-refractivity contribution >= 4 is 44.7 Å². The standard InChI is InChI=1S/C17H13N5O2S2/c23-14(20-17-22-21-16(26-17)13-6-3-9-25-13)8-7-12-15(24)19-11-5-2-1-4-10(11)18-12/h1-6,9H,7-8H2,(H,19,24)(H,20,22,23). The molecule has 0 fully saturated rings. The third-order valence-corrected chi connectivity index (χ3v) is 5.54. The highest BCUT2D eigenvalue weighted by Gasteiger charge is 2.12. The van der Waals surface area contributed by atoms with Gasteiger partial charge in [0.2, 0.25) is 11.0 Å². The lowest BCUT2D eigenvalue weighted by Crippen LogP contribution is -2.18. The van der Waals surface area contributed by atoms with Crippen molar-refractivity contribution in [2.45, 2.75) is 12.8 Å². The molecule has 0 radical (unpaired) electrons. The van der Waals surface area contributed by atoms with Crippen LogP contribution >= 0.6 is 22.7 Å². The molecule has 9 heteroatoms. The summed E-state index contributed by atoms with van der Waals surface area (Å²) in [6, 6.07) is 11.2. The van der Waals surface area contributed by atoms with Crippen LogP contribution in [0.25, 0.3) is 20.9 Å². The first-order valence-corrected chi connectivity index (χ1v) is 9.54. The molecule has 0 aliphatic rings. The van der Waals surface area contributed by atoms with Gasteiger partial charge in [0.05, 0.1) is 15.9 Å². The average Bonchev–Trinajstić information content (AvgIpc) is 3.31. The number of hydrogen-bond donors (Lipinski definition) is 2. The molecule has 26 heavy (non-hydrogen) atoms. The molecule has 0 unspecified atom stereocenters. The van der Waals surface area contributed by atoms with Crippen LogP contribution < -0.4 is 10.9 Å². The summed E-state index contributed by atoms with van der Waals surface area (Å²) in [6.07, 6.45) is 0.394. The van der Waals surface area contributed by atoms with Crippen molar-refractivity contribution in [3.63, 3.8) is 0 Å². The number of aryl methyl sites for hydroxylation is 1.